The Labute approximate surface area is 164 Å². The van der Waals surface area contributed by atoms with Crippen molar-refractivity contribution in [2.75, 3.05) is 38.1 Å². The highest BCUT2D eigenvalue weighted by atomic mass is 32.1. The molecular weight excluding hydrogens is 354 g/mol. The number of fused-ring (bicyclic) bond motifs is 5. The van der Waals surface area contributed by atoms with Gasteiger partial charge in [0.05, 0.1) is 10.2 Å². The Kier molecular flexibility index (Phi) is 4.28. The molecule has 5 rings (SSSR count). The third kappa shape index (κ3) is 2.90. The van der Waals surface area contributed by atoms with E-state index in [-0.39, 0.29) is 0 Å². The molecule has 0 radical (unpaired) electrons. The summed E-state index contributed by atoms with van der Waals surface area (Å²) in [6.45, 7) is 8.80. The van der Waals surface area contributed by atoms with Crippen LogP contribution in [0.15, 0.2) is 6.33 Å². The number of piperazine rings is 1. The summed E-state index contributed by atoms with van der Waals surface area (Å²) in [7, 11) is 2.19. The Morgan fingerprint density at radius 1 is 1.07 bits per heavy atom. The van der Waals surface area contributed by atoms with Crippen LogP contribution < -0.4 is 4.90 Å². The van der Waals surface area contributed by atoms with E-state index in [4.69, 9.17) is 15.0 Å². The Bertz CT molecular complexity index is 1000. The lowest BCUT2D eigenvalue weighted by Crippen LogP contribution is -2.44. The third-order valence-electron chi connectivity index (χ3n) is 5.94. The lowest BCUT2D eigenvalue weighted by atomic mass is 9.99. The predicted octanol–water partition coefficient (Wildman–Crippen LogP) is 3.68. The van der Waals surface area contributed by atoms with Crippen LogP contribution in [-0.2, 0) is 19.3 Å². The third-order valence-corrected chi connectivity index (χ3v) is 7.01. The molecule has 5 nitrogen and oxygen atoms in total. The Hall–Kier alpha value is -1.79. The number of hydrogen-bond acceptors (Lipinski definition) is 6. The summed E-state index contributed by atoms with van der Waals surface area (Å²) in [6.07, 6.45) is 6.41. The van der Waals surface area contributed by atoms with Crippen LogP contribution in [0.25, 0.3) is 20.4 Å². The van der Waals surface area contributed by atoms with E-state index in [0.717, 1.165) is 48.8 Å². The van der Waals surface area contributed by atoms with E-state index in [9.17, 15) is 0 Å². The van der Waals surface area contributed by atoms with Gasteiger partial charge in [-0.15, -0.1) is 11.3 Å². The molecule has 1 saturated heterocycles. The van der Waals surface area contributed by atoms with Gasteiger partial charge < -0.3 is 9.80 Å². The van der Waals surface area contributed by atoms with Crippen molar-refractivity contribution >= 4 is 37.6 Å². The second kappa shape index (κ2) is 6.67. The summed E-state index contributed by atoms with van der Waals surface area (Å²) in [4.78, 5) is 20.5. The second-order valence-corrected chi connectivity index (χ2v) is 9.41. The molecule has 0 bridgehead atoms. The van der Waals surface area contributed by atoms with Crippen molar-refractivity contribution in [1.29, 1.82) is 0 Å². The molecule has 0 spiro atoms. The normalized spacial score (nSPS) is 18.1. The smallest absolute Gasteiger partial charge is 0.150 e. The second-order valence-electron chi connectivity index (χ2n) is 8.41. The van der Waals surface area contributed by atoms with Crippen LogP contribution in [-0.4, -0.2) is 53.1 Å². The van der Waals surface area contributed by atoms with E-state index in [2.05, 4.69) is 30.7 Å². The number of likely N-dealkylation sites (N-methyl/N-ethyl adjacent to an activating group) is 1. The average Bonchev–Trinajstić information content (AvgIpc) is 3.25. The van der Waals surface area contributed by atoms with Crippen molar-refractivity contribution in [1.82, 2.24) is 19.9 Å². The largest absolute Gasteiger partial charge is 0.353 e. The van der Waals surface area contributed by atoms with Gasteiger partial charge in [0.25, 0.3) is 0 Å². The van der Waals surface area contributed by atoms with Crippen molar-refractivity contribution in [3.8, 4) is 0 Å². The Balaban J connectivity index is 1.70. The Morgan fingerprint density at radius 3 is 2.63 bits per heavy atom. The summed E-state index contributed by atoms with van der Waals surface area (Å²) in [5, 5.41) is 1.31. The molecule has 27 heavy (non-hydrogen) atoms. The first-order chi connectivity index (χ1) is 13.1. The highest BCUT2D eigenvalue weighted by Crippen LogP contribution is 2.42. The van der Waals surface area contributed by atoms with Crippen LogP contribution >= 0.6 is 11.3 Å². The zero-order valence-corrected chi connectivity index (χ0v) is 17.3. The molecule has 0 unspecified atom stereocenters. The average molecular weight is 382 g/mol. The van der Waals surface area contributed by atoms with Crippen molar-refractivity contribution in [2.45, 2.75) is 39.5 Å². The lowest BCUT2D eigenvalue weighted by molar-refractivity contribution is 0.312. The SMILES string of the molecule is CC(C)Cc1nc2sc3c(N4CCN(C)CC4)ncnc3c2c2c1CCC2. The number of rotatable bonds is 3. The molecule has 0 amide bonds. The van der Waals surface area contributed by atoms with E-state index in [1.165, 1.54) is 46.2 Å². The number of aromatic nitrogens is 3. The molecule has 0 N–H and O–H groups in total. The molecule has 0 atom stereocenters. The summed E-state index contributed by atoms with van der Waals surface area (Å²) >= 11 is 1.80. The van der Waals surface area contributed by atoms with Gasteiger partial charge in [-0.05, 0) is 49.8 Å². The maximum absolute atomic E-state index is 5.15. The fourth-order valence-electron chi connectivity index (χ4n) is 4.56. The first kappa shape index (κ1) is 17.3. The summed E-state index contributed by atoms with van der Waals surface area (Å²) in [6, 6.07) is 0. The van der Waals surface area contributed by atoms with Crippen molar-refractivity contribution < 1.29 is 0 Å². The quantitative estimate of drug-likeness (QED) is 0.692. The molecule has 1 aliphatic carbocycles. The summed E-state index contributed by atoms with van der Waals surface area (Å²) in [5.74, 6) is 1.74. The minimum Gasteiger partial charge on any atom is -0.353 e. The van der Waals surface area contributed by atoms with E-state index in [1.807, 2.05) is 0 Å². The van der Waals surface area contributed by atoms with E-state index in [1.54, 1.807) is 17.7 Å². The summed E-state index contributed by atoms with van der Waals surface area (Å²) in [5.41, 5.74) is 5.48. The minimum absolute atomic E-state index is 0.634. The van der Waals surface area contributed by atoms with Crippen LogP contribution in [0.5, 0.6) is 0 Å². The number of thiophene rings is 1. The minimum atomic E-state index is 0.634. The van der Waals surface area contributed by atoms with Crippen molar-refractivity contribution in [3.05, 3.63) is 23.1 Å². The van der Waals surface area contributed by atoms with Gasteiger partial charge >= 0.3 is 0 Å². The van der Waals surface area contributed by atoms with Crippen LogP contribution in [0.1, 0.15) is 37.1 Å². The Morgan fingerprint density at radius 2 is 1.85 bits per heavy atom. The monoisotopic (exact) mass is 381 g/mol. The molecule has 4 heterocycles. The number of hydrogen-bond donors (Lipinski definition) is 0. The van der Waals surface area contributed by atoms with Crippen LogP contribution in [0, 0.1) is 5.92 Å². The van der Waals surface area contributed by atoms with Gasteiger partial charge in [-0.3, -0.25) is 0 Å². The van der Waals surface area contributed by atoms with Crippen molar-refractivity contribution in [3.63, 3.8) is 0 Å². The molecule has 6 heteroatoms. The number of nitrogens with zero attached hydrogens (tertiary/aromatic N) is 5. The van der Waals surface area contributed by atoms with Crippen LogP contribution in [0.4, 0.5) is 5.82 Å². The maximum atomic E-state index is 5.15. The molecule has 2 aliphatic rings. The molecule has 3 aromatic rings. The first-order valence-electron chi connectivity index (χ1n) is 10.1. The molecule has 0 aromatic carbocycles. The maximum Gasteiger partial charge on any atom is 0.150 e. The number of pyridine rings is 1. The topological polar surface area (TPSA) is 45.2 Å². The standard InChI is InChI=1S/C21H27N5S/c1-13(2)11-16-14-5-4-6-15(14)17-18-19(27-21(17)24-16)20(23-12-22-18)26-9-7-25(3)8-10-26/h12-13H,4-11H2,1-3H3. The molecular formula is C21H27N5S. The number of anilines is 1. The number of aryl methyl sites for hydroxylation is 1. The molecule has 1 aliphatic heterocycles. The van der Waals surface area contributed by atoms with Crippen LogP contribution in [0.3, 0.4) is 0 Å². The molecule has 142 valence electrons. The predicted molar refractivity (Wildman–Crippen MR) is 113 cm³/mol. The van der Waals surface area contributed by atoms with E-state index in [0.29, 0.717) is 5.92 Å². The van der Waals surface area contributed by atoms with Crippen molar-refractivity contribution in [2.24, 2.45) is 5.92 Å². The van der Waals surface area contributed by atoms with Crippen LogP contribution in [0.2, 0.25) is 0 Å². The fourth-order valence-corrected chi connectivity index (χ4v) is 5.76. The highest BCUT2D eigenvalue weighted by Gasteiger charge is 2.26. The fraction of sp³-hybridized carbons (Fsp3) is 0.571. The molecule has 3 aromatic heterocycles. The van der Waals surface area contributed by atoms with Gasteiger partial charge in [0.2, 0.25) is 0 Å². The molecule has 1 fully saturated rings. The van der Waals surface area contributed by atoms with E-state index >= 15 is 0 Å². The van der Waals surface area contributed by atoms with Gasteiger partial charge in [0.1, 0.15) is 17.0 Å². The van der Waals surface area contributed by atoms with Gasteiger partial charge in [-0.25, -0.2) is 15.0 Å². The van der Waals surface area contributed by atoms with Gasteiger partial charge in [-0.1, -0.05) is 13.8 Å². The molecule has 0 saturated carbocycles. The zero-order valence-electron chi connectivity index (χ0n) is 16.5. The lowest BCUT2D eigenvalue weighted by Gasteiger charge is -2.33. The highest BCUT2D eigenvalue weighted by molar-refractivity contribution is 7.26. The van der Waals surface area contributed by atoms with Gasteiger partial charge in [0.15, 0.2) is 0 Å². The van der Waals surface area contributed by atoms with Gasteiger partial charge in [-0.2, -0.15) is 0 Å². The van der Waals surface area contributed by atoms with E-state index < -0.39 is 0 Å². The first-order valence-corrected chi connectivity index (χ1v) is 10.9. The van der Waals surface area contributed by atoms with Gasteiger partial charge in [0, 0.05) is 37.3 Å². The summed E-state index contributed by atoms with van der Waals surface area (Å²) < 4.78 is 1.22. The zero-order chi connectivity index (χ0) is 18.5.